The Hall–Kier alpha value is -0.950. The van der Waals surface area contributed by atoms with Crippen LogP contribution in [0, 0.1) is 0 Å². The highest BCUT2D eigenvalue weighted by Crippen LogP contribution is 2.19. The maximum atomic E-state index is 11.7. The SMILES string of the molecule is CN1CCC[C@H]1CCCN(Cc1ccccc1)S(N)(=O)=O. The summed E-state index contributed by atoms with van der Waals surface area (Å²) in [4.78, 5) is 2.36. The lowest BCUT2D eigenvalue weighted by Crippen LogP contribution is -2.37. The molecule has 0 unspecified atom stereocenters. The highest BCUT2D eigenvalue weighted by molar-refractivity contribution is 7.86. The molecular weight excluding hydrogens is 286 g/mol. The van der Waals surface area contributed by atoms with Crippen LogP contribution in [0.2, 0.25) is 0 Å². The Morgan fingerprint density at radius 1 is 1.33 bits per heavy atom. The predicted molar refractivity (Wildman–Crippen MR) is 84.8 cm³/mol. The van der Waals surface area contributed by atoms with E-state index in [-0.39, 0.29) is 0 Å². The summed E-state index contributed by atoms with van der Waals surface area (Å²) < 4.78 is 24.8. The summed E-state index contributed by atoms with van der Waals surface area (Å²) in [5.41, 5.74) is 0.963. The largest absolute Gasteiger partial charge is 0.303 e. The lowest BCUT2D eigenvalue weighted by atomic mass is 10.1. The third-order valence-corrected chi connectivity index (χ3v) is 5.21. The number of hydrogen-bond donors (Lipinski definition) is 1. The van der Waals surface area contributed by atoms with Crippen LogP contribution in [-0.2, 0) is 16.8 Å². The molecule has 0 spiro atoms. The summed E-state index contributed by atoms with van der Waals surface area (Å²) >= 11 is 0. The van der Waals surface area contributed by atoms with Crippen molar-refractivity contribution in [2.45, 2.75) is 38.3 Å². The van der Waals surface area contributed by atoms with Crippen molar-refractivity contribution in [2.75, 3.05) is 20.1 Å². The monoisotopic (exact) mass is 311 g/mol. The lowest BCUT2D eigenvalue weighted by molar-refractivity contribution is 0.281. The molecule has 0 amide bonds. The molecule has 0 aliphatic carbocycles. The summed E-state index contributed by atoms with van der Waals surface area (Å²) in [6.07, 6.45) is 4.32. The fraction of sp³-hybridized carbons (Fsp3) is 0.600. The second-order valence-corrected chi connectivity index (χ2v) is 7.33. The Balaban J connectivity index is 1.88. The van der Waals surface area contributed by atoms with Gasteiger partial charge < -0.3 is 4.90 Å². The number of nitrogens with zero attached hydrogens (tertiary/aromatic N) is 2. The van der Waals surface area contributed by atoms with Gasteiger partial charge >= 0.3 is 0 Å². The maximum absolute atomic E-state index is 11.7. The molecule has 1 heterocycles. The first-order valence-corrected chi connectivity index (χ1v) is 8.99. The van der Waals surface area contributed by atoms with Gasteiger partial charge in [0.15, 0.2) is 0 Å². The van der Waals surface area contributed by atoms with Crippen LogP contribution < -0.4 is 5.14 Å². The van der Waals surface area contributed by atoms with Crippen LogP contribution in [0.25, 0.3) is 0 Å². The molecule has 118 valence electrons. The summed E-state index contributed by atoms with van der Waals surface area (Å²) in [6, 6.07) is 10.2. The van der Waals surface area contributed by atoms with Gasteiger partial charge in [-0.25, -0.2) is 5.14 Å². The van der Waals surface area contributed by atoms with E-state index in [2.05, 4.69) is 11.9 Å². The minimum atomic E-state index is -3.65. The molecule has 1 saturated heterocycles. The summed E-state index contributed by atoms with van der Waals surface area (Å²) in [5.74, 6) is 0. The van der Waals surface area contributed by atoms with Crippen LogP contribution in [0.4, 0.5) is 0 Å². The zero-order valence-corrected chi connectivity index (χ0v) is 13.4. The van der Waals surface area contributed by atoms with Gasteiger partial charge in [-0.2, -0.15) is 12.7 Å². The Morgan fingerprint density at radius 2 is 2.05 bits per heavy atom. The van der Waals surface area contributed by atoms with Crippen molar-refractivity contribution in [3.8, 4) is 0 Å². The van der Waals surface area contributed by atoms with Gasteiger partial charge in [0.2, 0.25) is 0 Å². The van der Waals surface area contributed by atoms with Crippen molar-refractivity contribution in [2.24, 2.45) is 5.14 Å². The zero-order valence-electron chi connectivity index (χ0n) is 12.6. The van der Waals surface area contributed by atoms with E-state index < -0.39 is 10.2 Å². The molecule has 2 N–H and O–H groups in total. The number of nitrogens with two attached hydrogens (primary N) is 1. The fourth-order valence-electron chi connectivity index (χ4n) is 2.93. The van der Waals surface area contributed by atoms with Crippen LogP contribution in [0.3, 0.4) is 0 Å². The Kier molecular flexibility index (Phi) is 5.75. The van der Waals surface area contributed by atoms with E-state index in [9.17, 15) is 8.42 Å². The molecular formula is C15H25N3O2S. The van der Waals surface area contributed by atoms with Gasteiger partial charge in [0.1, 0.15) is 0 Å². The lowest BCUT2D eigenvalue weighted by Gasteiger charge is -2.22. The summed E-state index contributed by atoms with van der Waals surface area (Å²) in [6.45, 7) is 1.98. The second kappa shape index (κ2) is 7.35. The van der Waals surface area contributed by atoms with Crippen LogP contribution in [0.1, 0.15) is 31.2 Å². The zero-order chi connectivity index (χ0) is 15.3. The van der Waals surface area contributed by atoms with Crippen LogP contribution in [0.5, 0.6) is 0 Å². The predicted octanol–water partition coefficient (Wildman–Crippen LogP) is 1.57. The van der Waals surface area contributed by atoms with E-state index in [4.69, 9.17) is 5.14 Å². The van der Waals surface area contributed by atoms with Crippen molar-refractivity contribution < 1.29 is 8.42 Å². The number of rotatable bonds is 7. The first-order chi connectivity index (χ1) is 9.97. The number of likely N-dealkylation sites (tertiary alicyclic amines) is 1. The highest BCUT2D eigenvalue weighted by Gasteiger charge is 2.22. The van der Waals surface area contributed by atoms with Gasteiger partial charge in [-0.3, -0.25) is 0 Å². The van der Waals surface area contributed by atoms with Crippen LogP contribution >= 0.6 is 0 Å². The molecule has 1 atom stereocenters. The first-order valence-electron chi connectivity index (χ1n) is 7.49. The minimum Gasteiger partial charge on any atom is -0.303 e. The van der Waals surface area contributed by atoms with Crippen molar-refractivity contribution in [3.63, 3.8) is 0 Å². The third-order valence-electron chi connectivity index (χ3n) is 4.18. The standard InChI is InChI=1S/C15H25N3O2S/c1-17-11-5-9-15(17)10-6-12-18(21(16,19)20)13-14-7-3-2-4-8-14/h2-4,7-8,15H,5-6,9-13H2,1H3,(H2,16,19,20)/t15-/m0/s1. The van der Waals surface area contributed by atoms with Gasteiger partial charge in [0.05, 0.1) is 0 Å². The van der Waals surface area contributed by atoms with Crippen LogP contribution in [0.15, 0.2) is 30.3 Å². The molecule has 1 aliphatic rings. The average Bonchev–Trinajstić information content (AvgIpc) is 2.83. The van der Waals surface area contributed by atoms with Gasteiger partial charge in [-0.05, 0) is 44.8 Å². The second-order valence-electron chi connectivity index (χ2n) is 5.78. The molecule has 1 aromatic rings. The van der Waals surface area contributed by atoms with Crippen molar-refractivity contribution >= 4 is 10.2 Å². The minimum absolute atomic E-state index is 0.347. The fourth-order valence-corrected chi connectivity index (χ4v) is 3.64. The van der Waals surface area contributed by atoms with E-state index in [0.717, 1.165) is 24.9 Å². The molecule has 0 saturated carbocycles. The summed E-state index contributed by atoms with van der Waals surface area (Å²) in [7, 11) is -1.51. The smallest absolute Gasteiger partial charge is 0.277 e. The molecule has 1 fully saturated rings. The van der Waals surface area contributed by atoms with Crippen molar-refractivity contribution in [1.82, 2.24) is 9.21 Å². The van der Waals surface area contributed by atoms with E-state index >= 15 is 0 Å². The summed E-state index contributed by atoms with van der Waals surface area (Å²) in [5, 5.41) is 5.34. The maximum Gasteiger partial charge on any atom is 0.277 e. The number of hydrogen-bond acceptors (Lipinski definition) is 3. The topological polar surface area (TPSA) is 66.6 Å². The molecule has 6 heteroatoms. The highest BCUT2D eigenvalue weighted by atomic mass is 32.2. The normalized spacial score (nSPS) is 20.2. The van der Waals surface area contributed by atoms with Gasteiger partial charge in [-0.1, -0.05) is 30.3 Å². The van der Waals surface area contributed by atoms with E-state index in [1.807, 2.05) is 30.3 Å². The Morgan fingerprint density at radius 3 is 2.62 bits per heavy atom. The van der Waals surface area contributed by atoms with Gasteiger partial charge in [0.25, 0.3) is 10.2 Å². The molecule has 1 aliphatic heterocycles. The molecule has 1 aromatic carbocycles. The van der Waals surface area contributed by atoms with E-state index in [1.54, 1.807) is 0 Å². The average molecular weight is 311 g/mol. The van der Waals surface area contributed by atoms with Crippen molar-refractivity contribution in [1.29, 1.82) is 0 Å². The molecule has 0 radical (unpaired) electrons. The van der Waals surface area contributed by atoms with Gasteiger partial charge in [0, 0.05) is 19.1 Å². The number of benzene rings is 1. The van der Waals surface area contributed by atoms with Crippen molar-refractivity contribution in [3.05, 3.63) is 35.9 Å². The van der Waals surface area contributed by atoms with E-state index in [1.165, 1.54) is 17.1 Å². The molecule has 2 rings (SSSR count). The Labute approximate surface area is 127 Å². The molecule has 21 heavy (non-hydrogen) atoms. The molecule has 0 bridgehead atoms. The van der Waals surface area contributed by atoms with E-state index in [0.29, 0.717) is 19.1 Å². The molecule has 5 nitrogen and oxygen atoms in total. The quantitative estimate of drug-likeness (QED) is 0.831. The first kappa shape index (κ1) is 16.4. The van der Waals surface area contributed by atoms with Crippen LogP contribution in [-0.4, -0.2) is 43.8 Å². The Bertz CT molecular complexity index is 533. The van der Waals surface area contributed by atoms with Gasteiger partial charge in [-0.15, -0.1) is 0 Å². The third kappa shape index (κ3) is 5.07. The molecule has 0 aromatic heterocycles.